The van der Waals surface area contributed by atoms with E-state index in [2.05, 4.69) is 0 Å². The van der Waals surface area contributed by atoms with Crippen LogP contribution in [0.25, 0.3) is 0 Å². The van der Waals surface area contributed by atoms with E-state index in [1.807, 2.05) is 20.8 Å². The van der Waals surface area contributed by atoms with Crippen molar-refractivity contribution in [2.45, 2.75) is 26.2 Å². The zero-order chi connectivity index (χ0) is 7.00. The number of halogens is 1. The van der Waals surface area contributed by atoms with Gasteiger partial charge in [-0.25, -0.2) is 0 Å². The van der Waals surface area contributed by atoms with Gasteiger partial charge in [-0.2, -0.15) is 0 Å². The summed E-state index contributed by atoms with van der Waals surface area (Å²) >= 11 is 0. The van der Waals surface area contributed by atoms with Crippen LogP contribution in [0.4, 0.5) is 4.39 Å². The molecule has 0 N–H and O–H groups in total. The van der Waals surface area contributed by atoms with E-state index in [4.69, 9.17) is 0 Å². The van der Waals surface area contributed by atoms with Crippen LogP contribution in [-0.4, -0.2) is 21.2 Å². The van der Waals surface area contributed by atoms with E-state index in [1.165, 1.54) is 0 Å². The van der Waals surface area contributed by atoms with E-state index in [0.29, 0.717) is 0 Å². The van der Waals surface area contributed by atoms with Crippen molar-refractivity contribution in [1.82, 2.24) is 0 Å². The Bertz CT molecular complexity index is 65.4. The van der Waals surface area contributed by atoms with E-state index >= 15 is 0 Å². The van der Waals surface area contributed by atoms with E-state index in [-0.39, 0.29) is 5.41 Å². The lowest BCUT2D eigenvalue weighted by Gasteiger charge is -2.31. The molecule has 0 aromatic rings. The average Bonchev–Trinajstić information content (AvgIpc) is 1.25. The lowest BCUT2D eigenvalue weighted by molar-refractivity contribution is 0.200. The van der Waals surface area contributed by atoms with Gasteiger partial charge in [0.2, 0.25) is 0 Å². The Labute approximate surface area is 52.7 Å². The zero-order valence-electron chi connectivity index (χ0n) is 6.38. The molecular weight excluding hydrogens is 101 g/mol. The molecule has 0 amide bonds. The summed E-state index contributed by atoms with van der Waals surface area (Å²) in [4.78, 5) is 0. The SMILES string of the molecule is BC(B)(F)C(C)(C)C. The Morgan fingerprint density at radius 3 is 1.25 bits per heavy atom. The van der Waals surface area contributed by atoms with Crippen LogP contribution < -0.4 is 0 Å². The fraction of sp³-hybridized carbons (Fsp3) is 1.00. The highest BCUT2D eigenvalue weighted by Gasteiger charge is 2.31. The summed E-state index contributed by atoms with van der Waals surface area (Å²) in [5, 5.41) is 0. The Hall–Kier alpha value is 0.0599. The molecule has 0 aromatic carbocycles. The largest absolute Gasteiger partial charge is 0.263 e. The van der Waals surface area contributed by atoms with E-state index < -0.39 is 5.47 Å². The molecule has 3 heteroatoms. The fourth-order valence-electron chi connectivity index (χ4n) is 0. The monoisotopic (exact) mass is 114 g/mol. The molecule has 46 valence electrons. The smallest absolute Gasteiger partial charge is 0.139 e. The van der Waals surface area contributed by atoms with Crippen LogP contribution in [0, 0.1) is 5.41 Å². The molecule has 0 bridgehead atoms. The molecule has 0 rings (SSSR count). The minimum absolute atomic E-state index is 0.229. The third-order valence-corrected chi connectivity index (χ3v) is 1.78. The number of alkyl halides is 1. The maximum atomic E-state index is 12.9. The first-order valence-electron chi connectivity index (χ1n) is 2.94. The van der Waals surface area contributed by atoms with Gasteiger partial charge < -0.3 is 0 Å². The molecule has 0 saturated carbocycles. The number of hydrogen-bond donors (Lipinski definition) is 0. The molecule has 0 aliphatic rings. The Morgan fingerprint density at radius 1 is 1.12 bits per heavy atom. The van der Waals surface area contributed by atoms with Crippen LogP contribution in [0.15, 0.2) is 0 Å². The summed E-state index contributed by atoms with van der Waals surface area (Å²) in [5.74, 6) is 0. The standard InChI is InChI=1S/C5H13B2F/c1-4(2,3)5(6,7)8/h6-7H2,1-3H3. The predicted molar refractivity (Wildman–Crippen MR) is 40.4 cm³/mol. The molecule has 0 nitrogen and oxygen atoms in total. The molecule has 0 aromatic heterocycles. The summed E-state index contributed by atoms with van der Waals surface area (Å²) in [6.07, 6.45) is 0. The normalized spacial score (nSPS) is 14.0. The average molecular weight is 114 g/mol. The third-order valence-electron chi connectivity index (χ3n) is 1.78. The maximum absolute atomic E-state index is 12.9. The van der Waals surface area contributed by atoms with Crippen molar-refractivity contribution >= 4 is 15.7 Å². The highest BCUT2D eigenvalue weighted by atomic mass is 19.1. The minimum atomic E-state index is -1.06. The topological polar surface area (TPSA) is 0 Å². The van der Waals surface area contributed by atoms with Crippen molar-refractivity contribution in [3.8, 4) is 0 Å². The molecule has 0 aliphatic carbocycles. The van der Waals surface area contributed by atoms with Gasteiger partial charge in [0, 0.05) is 5.47 Å². The highest BCUT2D eigenvalue weighted by molar-refractivity contribution is 6.39. The van der Waals surface area contributed by atoms with Crippen molar-refractivity contribution in [3.63, 3.8) is 0 Å². The number of rotatable bonds is 0. The van der Waals surface area contributed by atoms with Gasteiger partial charge >= 0.3 is 0 Å². The van der Waals surface area contributed by atoms with E-state index in [0.717, 1.165) is 0 Å². The second-order valence-corrected chi connectivity index (χ2v) is 3.72. The van der Waals surface area contributed by atoms with E-state index in [9.17, 15) is 4.39 Å². The number of hydrogen-bond acceptors (Lipinski definition) is 0. The first-order chi connectivity index (χ1) is 3.25. The second kappa shape index (κ2) is 1.78. The van der Waals surface area contributed by atoms with Crippen molar-refractivity contribution in [3.05, 3.63) is 0 Å². The van der Waals surface area contributed by atoms with Gasteiger partial charge in [-0.05, 0) is 5.41 Å². The van der Waals surface area contributed by atoms with Crippen LogP contribution in [0.2, 0.25) is 0 Å². The van der Waals surface area contributed by atoms with Crippen LogP contribution >= 0.6 is 0 Å². The molecule has 0 fully saturated rings. The molecule has 0 unspecified atom stereocenters. The van der Waals surface area contributed by atoms with Crippen LogP contribution in [0.5, 0.6) is 0 Å². The summed E-state index contributed by atoms with van der Waals surface area (Å²) in [6.45, 7) is 5.69. The summed E-state index contributed by atoms with van der Waals surface area (Å²) < 4.78 is 12.9. The van der Waals surface area contributed by atoms with Crippen molar-refractivity contribution < 1.29 is 4.39 Å². The quantitative estimate of drug-likeness (QED) is 0.386. The first kappa shape index (κ1) is 8.06. The van der Waals surface area contributed by atoms with E-state index in [1.54, 1.807) is 15.7 Å². The maximum Gasteiger partial charge on any atom is 0.139 e. The van der Waals surface area contributed by atoms with Gasteiger partial charge in [-0.1, -0.05) is 20.8 Å². The molecule has 0 spiro atoms. The van der Waals surface area contributed by atoms with Crippen LogP contribution in [0.1, 0.15) is 20.8 Å². The molecule has 0 aliphatic heterocycles. The highest BCUT2D eigenvalue weighted by Crippen LogP contribution is 2.27. The Balaban J connectivity index is 4.02. The second-order valence-electron chi connectivity index (χ2n) is 3.72. The molecule has 0 heterocycles. The molecular formula is C5H13B2F. The fourth-order valence-corrected chi connectivity index (χ4v) is 0. The Kier molecular flexibility index (Phi) is 1.80. The summed E-state index contributed by atoms with van der Waals surface area (Å²) in [6, 6.07) is 0. The van der Waals surface area contributed by atoms with Gasteiger partial charge in [-0.3, -0.25) is 4.39 Å². The molecule has 0 radical (unpaired) electrons. The molecule has 0 saturated heterocycles. The lowest BCUT2D eigenvalue weighted by atomic mass is 9.54. The van der Waals surface area contributed by atoms with Crippen LogP contribution in [0.3, 0.4) is 0 Å². The summed E-state index contributed by atoms with van der Waals surface area (Å²) in [7, 11) is 3.21. The summed E-state index contributed by atoms with van der Waals surface area (Å²) in [5.41, 5.74) is -1.29. The molecule has 8 heavy (non-hydrogen) atoms. The minimum Gasteiger partial charge on any atom is -0.263 e. The lowest BCUT2D eigenvalue weighted by Crippen LogP contribution is -2.39. The van der Waals surface area contributed by atoms with Crippen molar-refractivity contribution in [1.29, 1.82) is 0 Å². The first-order valence-corrected chi connectivity index (χ1v) is 2.94. The zero-order valence-corrected chi connectivity index (χ0v) is 6.38. The Morgan fingerprint density at radius 2 is 1.25 bits per heavy atom. The van der Waals surface area contributed by atoms with Crippen molar-refractivity contribution in [2.24, 2.45) is 5.41 Å². The predicted octanol–water partition coefficient (Wildman–Crippen LogP) is -0.0780. The third kappa shape index (κ3) is 1.89. The van der Waals surface area contributed by atoms with Gasteiger partial charge in [0.25, 0.3) is 0 Å². The van der Waals surface area contributed by atoms with Gasteiger partial charge in [0.15, 0.2) is 0 Å². The van der Waals surface area contributed by atoms with Gasteiger partial charge in [0.1, 0.15) is 15.7 Å². The molecule has 0 atom stereocenters. The van der Waals surface area contributed by atoms with Crippen LogP contribution in [-0.2, 0) is 0 Å². The van der Waals surface area contributed by atoms with Gasteiger partial charge in [0.05, 0.1) is 0 Å². The van der Waals surface area contributed by atoms with Gasteiger partial charge in [-0.15, -0.1) is 0 Å². The van der Waals surface area contributed by atoms with Crippen molar-refractivity contribution in [2.75, 3.05) is 0 Å².